The van der Waals surface area contributed by atoms with E-state index in [9.17, 15) is 14.1 Å². The number of aromatic hydroxyl groups is 1. The molecule has 150 valence electrons. The average Bonchev–Trinajstić information content (AvgIpc) is 2.61. The summed E-state index contributed by atoms with van der Waals surface area (Å²) >= 11 is 0. The molecule has 2 aromatic rings. The first-order valence-electron chi connectivity index (χ1n) is 9.00. The van der Waals surface area contributed by atoms with E-state index in [1.807, 2.05) is 19.9 Å². The molecule has 1 amide bonds. The zero-order valence-corrected chi connectivity index (χ0v) is 16.7. The van der Waals surface area contributed by atoms with E-state index >= 15 is 0 Å². The molecule has 1 aliphatic heterocycles. The van der Waals surface area contributed by atoms with Gasteiger partial charge in [0.15, 0.2) is 0 Å². The average molecular weight is 404 g/mol. The highest BCUT2D eigenvalue weighted by molar-refractivity contribution is 7.92. The Morgan fingerprint density at radius 2 is 1.89 bits per heavy atom. The SMILES string of the molecule is CC1(C)OC(=O)Nc2ccc(OCCCCS(=N)(=O)c3ccc(O)cc3)cc21. The first kappa shape index (κ1) is 20.0. The Labute approximate surface area is 164 Å². The third kappa shape index (κ3) is 4.56. The smallest absolute Gasteiger partial charge is 0.412 e. The summed E-state index contributed by atoms with van der Waals surface area (Å²) in [5.41, 5.74) is 0.806. The van der Waals surface area contributed by atoms with Gasteiger partial charge in [0.2, 0.25) is 0 Å². The molecule has 2 aromatic carbocycles. The fraction of sp³-hybridized carbons (Fsp3) is 0.350. The molecule has 28 heavy (non-hydrogen) atoms. The van der Waals surface area contributed by atoms with Crippen LogP contribution in [0.15, 0.2) is 47.4 Å². The fourth-order valence-corrected chi connectivity index (χ4v) is 4.45. The predicted molar refractivity (Wildman–Crippen MR) is 106 cm³/mol. The lowest BCUT2D eigenvalue weighted by Gasteiger charge is -2.32. The summed E-state index contributed by atoms with van der Waals surface area (Å²) in [6, 6.07) is 11.3. The number of phenols is 1. The van der Waals surface area contributed by atoms with Crippen LogP contribution in [0.3, 0.4) is 0 Å². The monoisotopic (exact) mass is 404 g/mol. The number of unbranched alkanes of at least 4 members (excludes halogenated alkanes) is 1. The molecule has 0 bridgehead atoms. The number of fused-ring (bicyclic) bond motifs is 1. The molecule has 0 aromatic heterocycles. The molecule has 3 N–H and O–H groups in total. The van der Waals surface area contributed by atoms with Crippen molar-refractivity contribution < 1.29 is 23.6 Å². The third-order valence-electron chi connectivity index (χ3n) is 4.54. The standard InChI is InChI=1S/C20H24N2O5S/c1-20(2)17-13-15(7-10-18(17)22-19(24)27-20)26-11-3-4-12-28(21,25)16-8-5-14(23)6-9-16/h5-10,13,21,23H,3-4,11-12H2,1-2H3,(H,22,24). The number of amides is 1. The van der Waals surface area contributed by atoms with Gasteiger partial charge in [-0.2, -0.15) is 0 Å². The fourth-order valence-electron chi connectivity index (χ4n) is 3.02. The normalized spacial score (nSPS) is 17.0. The van der Waals surface area contributed by atoms with Crippen molar-refractivity contribution in [2.45, 2.75) is 37.2 Å². The lowest BCUT2D eigenvalue weighted by atomic mass is 9.94. The number of carbonyl (C=O) groups is 1. The molecule has 7 nitrogen and oxygen atoms in total. The summed E-state index contributed by atoms with van der Waals surface area (Å²) < 4.78 is 31.6. The van der Waals surface area contributed by atoms with Crippen molar-refractivity contribution in [2.24, 2.45) is 0 Å². The number of hydrogen-bond donors (Lipinski definition) is 3. The molecule has 1 atom stereocenters. The number of anilines is 1. The van der Waals surface area contributed by atoms with Crippen LogP contribution in [0, 0.1) is 4.78 Å². The van der Waals surface area contributed by atoms with Crippen LogP contribution in [0.1, 0.15) is 32.3 Å². The zero-order chi connectivity index (χ0) is 20.4. The van der Waals surface area contributed by atoms with Crippen LogP contribution in [-0.4, -0.2) is 27.8 Å². The number of carbonyl (C=O) groups excluding carboxylic acids is 1. The second kappa shape index (κ2) is 7.71. The van der Waals surface area contributed by atoms with Crippen LogP contribution in [0.25, 0.3) is 0 Å². The molecule has 3 rings (SSSR count). The molecular weight excluding hydrogens is 380 g/mol. The Morgan fingerprint density at radius 3 is 2.61 bits per heavy atom. The summed E-state index contributed by atoms with van der Waals surface area (Å²) in [5.74, 6) is 0.986. The van der Waals surface area contributed by atoms with Crippen LogP contribution in [-0.2, 0) is 20.1 Å². The van der Waals surface area contributed by atoms with Crippen LogP contribution in [0.5, 0.6) is 11.5 Å². The van der Waals surface area contributed by atoms with E-state index < -0.39 is 21.4 Å². The van der Waals surface area contributed by atoms with Gasteiger partial charge in [0, 0.05) is 16.2 Å². The van der Waals surface area contributed by atoms with Crippen molar-refractivity contribution >= 4 is 21.5 Å². The van der Waals surface area contributed by atoms with Gasteiger partial charge < -0.3 is 14.6 Å². The quantitative estimate of drug-likeness (QED) is 0.591. The highest BCUT2D eigenvalue weighted by Crippen LogP contribution is 2.37. The van der Waals surface area contributed by atoms with Crippen molar-refractivity contribution in [3.63, 3.8) is 0 Å². The molecule has 0 fully saturated rings. The molecule has 0 aliphatic carbocycles. The molecule has 0 saturated carbocycles. The number of hydrogen-bond acceptors (Lipinski definition) is 6. The summed E-state index contributed by atoms with van der Waals surface area (Å²) in [4.78, 5) is 12.0. The first-order valence-corrected chi connectivity index (χ1v) is 10.7. The van der Waals surface area contributed by atoms with E-state index in [0.29, 0.717) is 35.8 Å². The molecule has 1 unspecified atom stereocenters. The maximum Gasteiger partial charge on any atom is 0.412 e. The van der Waals surface area contributed by atoms with Gasteiger partial charge in [-0.15, -0.1) is 0 Å². The van der Waals surface area contributed by atoms with Crippen molar-refractivity contribution in [2.75, 3.05) is 17.7 Å². The summed E-state index contributed by atoms with van der Waals surface area (Å²) in [7, 11) is -2.88. The molecular formula is C20H24N2O5S. The summed E-state index contributed by atoms with van der Waals surface area (Å²) in [6.07, 6.45) is 0.763. The Kier molecular flexibility index (Phi) is 5.51. The lowest BCUT2D eigenvalue weighted by Crippen LogP contribution is -2.34. The molecule has 8 heteroatoms. The number of phenolic OH excluding ortho intramolecular Hbond substituents is 1. The Morgan fingerprint density at radius 1 is 1.18 bits per heavy atom. The number of rotatable bonds is 7. The van der Waals surface area contributed by atoms with E-state index in [0.717, 1.165) is 5.56 Å². The van der Waals surface area contributed by atoms with Gasteiger partial charge in [-0.3, -0.25) is 5.32 Å². The number of cyclic esters (lactones) is 1. The lowest BCUT2D eigenvalue weighted by molar-refractivity contribution is 0.0418. The van der Waals surface area contributed by atoms with Gasteiger partial charge in [-0.25, -0.2) is 13.8 Å². The third-order valence-corrected chi connectivity index (χ3v) is 6.43. The Hall–Kier alpha value is -2.74. The summed E-state index contributed by atoms with van der Waals surface area (Å²) in [6.45, 7) is 4.07. The molecule has 0 saturated heterocycles. The topological polar surface area (TPSA) is 109 Å². The van der Waals surface area contributed by atoms with Crippen LogP contribution < -0.4 is 10.1 Å². The van der Waals surface area contributed by atoms with Gasteiger partial charge in [0.1, 0.15) is 17.1 Å². The first-order chi connectivity index (χ1) is 13.2. The highest BCUT2D eigenvalue weighted by Gasteiger charge is 2.33. The zero-order valence-electron chi connectivity index (χ0n) is 15.9. The Balaban J connectivity index is 1.52. The van der Waals surface area contributed by atoms with E-state index in [2.05, 4.69) is 5.32 Å². The second-order valence-corrected chi connectivity index (χ2v) is 9.39. The van der Waals surface area contributed by atoms with Gasteiger partial charge in [-0.05, 0) is 69.2 Å². The number of ether oxygens (including phenoxy) is 2. The second-order valence-electron chi connectivity index (χ2n) is 7.16. The van der Waals surface area contributed by atoms with Crippen molar-refractivity contribution in [3.05, 3.63) is 48.0 Å². The largest absolute Gasteiger partial charge is 0.508 e. The van der Waals surface area contributed by atoms with Gasteiger partial charge in [-0.1, -0.05) is 0 Å². The number of nitrogens with one attached hydrogen (secondary N) is 2. The van der Waals surface area contributed by atoms with Gasteiger partial charge >= 0.3 is 6.09 Å². The minimum Gasteiger partial charge on any atom is -0.508 e. The maximum atomic E-state index is 12.5. The van der Waals surface area contributed by atoms with Crippen LogP contribution in [0.4, 0.5) is 10.5 Å². The minimum absolute atomic E-state index is 0.0885. The van der Waals surface area contributed by atoms with E-state index in [1.165, 1.54) is 24.3 Å². The molecule has 1 aliphatic rings. The van der Waals surface area contributed by atoms with Crippen molar-refractivity contribution in [3.8, 4) is 11.5 Å². The molecule has 0 spiro atoms. The van der Waals surface area contributed by atoms with Crippen molar-refractivity contribution in [1.29, 1.82) is 4.78 Å². The molecule has 0 radical (unpaired) electrons. The van der Waals surface area contributed by atoms with E-state index in [-0.39, 0.29) is 11.5 Å². The maximum absolute atomic E-state index is 12.5. The minimum atomic E-state index is -2.88. The van der Waals surface area contributed by atoms with Crippen LogP contribution in [0.2, 0.25) is 0 Å². The van der Waals surface area contributed by atoms with Gasteiger partial charge in [0.25, 0.3) is 0 Å². The highest BCUT2D eigenvalue weighted by atomic mass is 32.2. The Bertz CT molecular complexity index is 969. The number of benzene rings is 2. The van der Waals surface area contributed by atoms with E-state index in [1.54, 1.807) is 12.1 Å². The predicted octanol–water partition coefficient (Wildman–Crippen LogP) is 4.45. The summed E-state index contributed by atoms with van der Waals surface area (Å²) in [5, 5.41) is 12.0. The van der Waals surface area contributed by atoms with Crippen molar-refractivity contribution in [1.82, 2.24) is 0 Å². The molecule has 1 heterocycles. The van der Waals surface area contributed by atoms with Crippen LogP contribution >= 0.6 is 0 Å². The van der Waals surface area contributed by atoms with E-state index in [4.69, 9.17) is 14.3 Å². The van der Waals surface area contributed by atoms with Gasteiger partial charge in [0.05, 0.1) is 22.0 Å².